The van der Waals surface area contributed by atoms with E-state index in [0.29, 0.717) is 6.10 Å². The molecule has 0 N–H and O–H groups in total. The van der Waals surface area contributed by atoms with Crippen molar-refractivity contribution in [3.63, 3.8) is 0 Å². The van der Waals surface area contributed by atoms with Crippen LogP contribution in [-0.4, -0.2) is 35.8 Å². The first-order valence-electron chi connectivity index (χ1n) is 8.95. The molecule has 2 aliphatic rings. The number of hydrogen-bond donors (Lipinski definition) is 0. The van der Waals surface area contributed by atoms with Gasteiger partial charge in [-0.05, 0) is 44.9 Å². The molecule has 0 aromatic carbocycles. The van der Waals surface area contributed by atoms with Gasteiger partial charge >= 0.3 is 0 Å². The lowest BCUT2D eigenvalue weighted by atomic mass is 10.1. The first kappa shape index (κ1) is 15.7. The van der Waals surface area contributed by atoms with Gasteiger partial charge in [0.05, 0.1) is 6.10 Å². The molecule has 1 aliphatic heterocycles. The Morgan fingerprint density at radius 3 is 2.55 bits per heavy atom. The van der Waals surface area contributed by atoms with Crippen molar-refractivity contribution in [1.82, 2.24) is 9.97 Å². The van der Waals surface area contributed by atoms with Gasteiger partial charge in [0.25, 0.3) is 0 Å². The van der Waals surface area contributed by atoms with Gasteiger partial charge in [-0.2, -0.15) is 0 Å². The Morgan fingerprint density at radius 1 is 1.14 bits per heavy atom. The third-order valence-electron chi connectivity index (χ3n) is 5.05. The lowest BCUT2D eigenvalue weighted by Gasteiger charge is -2.33. The summed E-state index contributed by atoms with van der Waals surface area (Å²) < 4.78 is 6.16. The molecule has 2 heterocycles. The summed E-state index contributed by atoms with van der Waals surface area (Å²) in [6.07, 6.45) is 9.22. The van der Waals surface area contributed by atoms with Crippen LogP contribution in [-0.2, 0) is 11.2 Å². The van der Waals surface area contributed by atoms with Crippen molar-refractivity contribution in [2.75, 3.05) is 24.6 Å². The van der Waals surface area contributed by atoms with Crippen LogP contribution >= 0.6 is 0 Å². The summed E-state index contributed by atoms with van der Waals surface area (Å²) in [6.45, 7) is 7.22. The van der Waals surface area contributed by atoms with E-state index in [1.54, 1.807) is 0 Å². The quantitative estimate of drug-likeness (QED) is 0.834. The molecular formula is C18H29N3O. The molecule has 0 unspecified atom stereocenters. The van der Waals surface area contributed by atoms with Gasteiger partial charge < -0.3 is 9.64 Å². The summed E-state index contributed by atoms with van der Waals surface area (Å²) >= 11 is 0. The molecule has 0 amide bonds. The number of nitrogens with zero attached hydrogens (tertiary/aromatic N) is 3. The molecule has 0 spiro atoms. The minimum absolute atomic E-state index is 0.449. The molecule has 1 saturated heterocycles. The Balaban J connectivity index is 1.49. The molecule has 22 heavy (non-hydrogen) atoms. The third kappa shape index (κ3) is 3.97. The molecule has 0 radical (unpaired) electrons. The molecule has 0 atom stereocenters. The summed E-state index contributed by atoms with van der Waals surface area (Å²) in [7, 11) is 0. The number of aryl methyl sites for hydroxylation is 2. The molecule has 122 valence electrons. The maximum absolute atomic E-state index is 6.16. The van der Waals surface area contributed by atoms with E-state index in [1.807, 2.05) is 6.92 Å². The second-order valence-corrected chi connectivity index (χ2v) is 6.79. The lowest BCUT2D eigenvalue weighted by molar-refractivity contribution is 0.0164. The van der Waals surface area contributed by atoms with Crippen LogP contribution in [0.15, 0.2) is 6.07 Å². The van der Waals surface area contributed by atoms with Crippen LogP contribution in [0.3, 0.4) is 0 Å². The maximum atomic E-state index is 6.16. The van der Waals surface area contributed by atoms with E-state index >= 15 is 0 Å². The first-order chi connectivity index (χ1) is 10.7. The van der Waals surface area contributed by atoms with Gasteiger partial charge in [0, 0.05) is 31.5 Å². The van der Waals surface area contributed by atoms with E-state index < -0.39 is 0 Å². The van der Waals surface area contributed by atoms with Gasteiger partial charge in [0.1, 0.15) is 11.6 Å². The Kier molecular flexibility index (Phi) is 5.29. The van der Waals surface area contributed by atoms with Crippen LogP contribution in [0, 0.1) is 12.8 Å². The third-order valence-corrected chi connectivity index (χ3v) is 5.05. The monoisotopic (exact) mass is 303 g/mol. The van der Waals surface area contributed by atoms with Gasteiger partial charge in [-0.1, -0.05) is 19.8 Å². The molecule has 1 aromatic rings. The summed E-state index contributed by atoms with van der Waals surface area (Å²) in [6, 6.07) is 2.15. The van der Waals surface area contributed by atoms with Gasteiger partial charge in [0.15, 0.2) is 0 Å². The summed E-state index contributed by atoms with van der Waals surface area (Å²) in [4.78, 5) is 11.5. The Labute approximate surface area is 134 Å². The zero-order chi connectivity index (χ0) is 15.4. The molecule has 0 bridgehead atoms. The van der Waals surface area contributed by atoms with Gasteiger partial charge in [-0.3, -0.25) is 0 Å². The lowest BCUT2D eigenvalue weighted by Crippen LogP contribution is -2.38. The Hall–Kier alpha value is -1.16. The van der Waals surface area contributed by atoms with Crippen molar-refractivity contribution in [2.24, 2.45) is 5.92 Å². The summed E-state index contributed by atoms with van der Waals surface area (Å²) in [5.41, 5.74) is 1.14. The Morgan fingerprint density at radius 2 is 1.86 bits per heavy atom. The number of ether oxygens (including phenoxy) is 1. The number of anilines is 1. The van der Waals surface area contributed by atoms with Crippen LogP contribution in [0.25, 0.3) is 0 Å². The average molecular weight is 303 g/mol. The van der Waals surface area contributed by atoms with Crippen molar-refractivity contribution < 1.29 is 4.74 Å². The fourth-order valence-electron chi connectivity index (χ4n) is 3.66. The average Bonchev–Trinajstić information content (AvgIpc) is 3.06. The van der Waals surface area contributed by atoms with Crippen LogP contribution in [0.1, 0.15) is 57.0 Å². The van der Waals surface area contributed by atoms with Gasteiger partial charge in [-0.15, -0.1) is 0 Å². The van der Waals surface area contributed by atoms with Crippen LogP contribution in [0.2, 0.25) is 0 Å². The van der Waals surface area contributed by atoms with E-state index in [4.69, 9.17) is 4.74 Å². The van der Waals surface area contributed by atoms with Crippen molar-refractivity contribution >= 4 is 5.82 Å². The highest BCUT2D eigenvalue weighted by Crippen LogP contribution is 2.27. The second-order valence-electron chi connectivity index (χ2n) is 6.79. The summed E-state index contributed by atoms with van der Waals surface area (Å²) in [5, 5.41) is 0. The molecule has 4 nitrogen and oxygen atoms in total. The van der Waals surface area contributed by atoms with Crippen molar-refractivity contribution in [2.45, 2.75) is 64.9 Å². The Bertz CT molecular complexity index is 477. The zero-order valence-electron chi connectivity index (χ0n) is 14.1. The molecule has 1 saturated carbocycles. The molecule has 3 rings (SSSR count). The highest BCUT2D eigenvalue weighted by atomic mass is 16.5. The molecule has 1 aliphatic carbocycles. The van der Waals surface area contributed by atoms with Gasteiger partial charge in [-0.25, -0.2) is 9.97 Å². The van der Waals surface area contributed by atoms with E-state index in [1.165, 1.54) is 25.7 Å². The van der Waals surface area contributed by atoms with Crippen LogP contribution < -0.4 is 4.90 Å². The topological polar surface area (TPSA) is 38.2 Å². The molecule has 4 heteroatoms. The first-order valence-corrected chi connectivity index (χ1v) is 8.95. The smallest absolute Gasteiger partial charge is 0.132 e. The highest BCUT2D eigenvalue weighted by Gasteiger charge is 2.23. The number of piperidine rings is 1. The molecule has 1 aromatic heterocycles. The maximum Gasteiger partial charge on any atom is 0.132 e. The predicted octanol–water partition coefficient (Wildman–Crippen LogP) is 3.52. The minimum Gasteiger partial charge on any atom is -0.378 e. The van der Waals surface area contributed by atoms with Gasteiger partial charge in [0.2, 0.25) is 0 Å². The number of aromatic nitrogens is 2. The normalized spacial score (nSPS) is 20.7. The second kappa shape index (κ2) is 7.40. The van der Waals surface area contributed by atoms with Crippen molar-refractivity contribution in [1.29, 1.82) is 0 Å². The van der Waals surface area contributed by atoms with Crippen molar-refractivity contribution in [3.05, 3.63) is 17.6 Å². The van der Waals surface area contributed by atoms with E-state index in [0.717, 1.165) is 62.2 Å². The number of rotatable bonds is 5. The minimum atomic E-state index is 0.449. The predicted molar refractivity (Wildman–Crippen MR) is 89.3 cm³/mol. The molecular weight excluding hydrogens is 274 g/mol. The van der Waals surface area contributed by atoms with E-state index in [2.05, 4.69) is 27.9 Å². The van der Waals surface area contributed by atoms with E-state index in [-0.39, 0.29) is 0 Å². The number of hydrogen-bond acceptors (Lipinski definition) is 4. The van der Waals surface area contributed by atoms with Crippen molar-refractivity contribution in [3.8, 4) is 0 Å². The summed E-state index contributed by atoms with van der Waals surface area (Å²) in [5.74, 6) is 2.81. The SMILES string of the molecule is CCc1cc(N2CCC(OCC3CCCC3)CC2)nc(C)n1. The van der Waals surface area contributed by atoms with Crippen LogP contribution in [0.5, 0.6) is 0 Å². The van der Waals surface area contributed by atoms with E-state index in [9.17, 15) is 0 Å². The fraction of sp³-hybridized carbons (Fsp3) is 0.778. The largest absolute Gasteiger partial charge is 0.378 e. The fourth-order valence-corrected chi connectivity index (χ4v) is 3.66. The highest BCUT2D eigenvalue weighted by molar-refractivity contribution is 5.40. The van der Waals surface area contributed by atoms with Crippen LogP contribution in [0.4, 0.5) is 5.82 Å². The standard InChI is InChI=1S/C18H29N3O/c1-3-16-12-18(20-14(2)19-16)21-10-8-17(9-11-21)22-13-15-6-4-5-7-15/h12,15,17H,3-11,13H2,1-2H3. The zero-order valence-corrected chi connectivity index (χ0v) is 14.1. The molecule has 2 fully saturated rings.